The van der Waals surface area contributed by atoms with Gasteiger partial charge in [-0.25, -0.2) is 0 Å². The summed E-state index contributed by atoms with van der Waals surface area (Å²) >= 11 is 0. The lowest BCUT2D eigenvalue weighted by atomic mass is 9.81. The van der Waals surface area contributed by atoms with E-state index >= 15 is 0 Å². The molecule has 1 aromatic carbocycles. The van der Waals surface area contributed by atoms with E-state index in [-0.39, 0.29) is 35.9 Å². The molecule has 2 atom stereocenters. The number of ether oxygens (including phenoxy) is 1. The number of carbonyl (C=O) groups is 2. The maximum atomic E-state index is 13.5. The van der Waals surface area contributed by atoms with Gasteiger partial charge in [0.1, 0.15) is 11.6 Å². The van der Waals surface area contributed by atoms with Gasteiger partial charge < -0.3 is 19.5 Å². The summed E-state index contributed by atoms with van der Waals surface area (Å²) in [5.74, 6) is 1.62. The molecule has 188 valence electrons. The first-order valence-electron chi connectivity index (χ1n) is 12.9. The summed E-state index contributed by atoms with van der Waals surface area (Å²) in [6.45, 7) is 10.7. The quantitative estimate of drug-likeness (QED) is 0.646. The molecule has 1 N–H and O–H groups in total. The van der Waals surface area contributed by atoms with Crippen LogP contribution < -0.4 is 5.32 Å². The number of nitrogens with zero attached hydrogens (tertiary/aromatic N) is 4. The fourth-order valence-electron chi connectivity index (χ4n) is 5.59. The van der Waals surface area contributed by atoms with Crippen LogP contribution in [-0.4, -0.2) is 56.8 Å². The predicted octanol–water partition coefficient (Wildman–Crippen LogP) is 4.10. The van der Waals surface area contributed by atoms with E-state index in [1.807, 2.05) is 26.0 Å². The molecular formula is C27H37N5O3. The first-order chi connectivity index (χ1) is 16.7. The van der Waals surface area contributed by atoms with Gasteiger partial charge in [0.2, 0.25) is 11.8 Å². The van der Waals surface area contributed by atoms with E-state index in [0.29, 0.717) is 25.0 Å². The predicted molar refractivity (Wildman–Crippen MR) is 133 cm³/mol. The molecule has 2 aliphatic carbocycles. The molecule has 0 radical (unpaired) electrons. The highest BCUT2D eigenvalue weighted by Gasteiger charge is 2.46. The minimum Gasteiger partial charge on any atom is -0.376 e. The second kappa shape index (κ2) is 9.37. The Kier molecular flexibility index (Phi) is 6.42. The van der Waals surface area contributed by atoms with Gasteiger partial charge in [-0.1, -0.05) is 17.7 Å². The molecule has 2 saturated carbocycles. The maximum Gasteiger partial charge on any atom is 0.230 e. The lowest BCUT2D eigenvalue weighted by Crippen LogP contribution is -2.34. The molecule has 2 heterocycles. The maximum absolute atomic E-state index is 13.5. The Labute approximate surface area is 207 Å². The van der Waals surface area contributed by atoms with Crippen molar-refractivity contribution in [2.45, 2.75) is 90.4 Å². The zero-order chi connectivity index (χ0) is 24.9. The Hall–Kier alpha value is -2.74. The summed E-state index contributed by atoms with van der Waals surface area (Å²) in [5, 5.41) is 12.4. The van der Waals surface area contributed by atoms with Gasteiger partial charge in [0, 0.05) is 37.7 Å². The molecule has 5 rings (SSSR count). The fraction of sp³-hybridized carbons (Fsp3) is 0.630. The second-order valence-corrected chi connectivity index (χ2v) is 10.9. The van der Waals surface area contributed by atoms with Gasteiger partial charge >= 0.3 is 0 Å². The number of nitrogens with one attached hydrogen (secondary N) is 1. The minimum atomic E-state index is -0.368. The van der Waals surface area contributed by atoms with Crippen LogP contribution in [0.15, 0.2) is 18.2 Å². The number of benzene rings is 1. The van der Waals surface area contributed by atoms with Gasteiger partial charge in [0.15, 0.2) is 0 Å². The highest BCUT2D eigenvalue weighted by Crippen LogP contribution is 2.46. The van der Waals surface area contributed by atoms with E-state index in [4.69, 9.17) is 4.74 Å². The zero-order valence-corrected chi connectivity index (χ0v) is 21.5. The van der Waals surface area contributed by atoms with E-state index in [2.05, 4.69) is 40.0 Å². The van der Waals surface area contributed by atoms with Gasteiger partial charge in [-0.2, -0.15) is 0 Å². The van der Waals surface area contributed by atoms with E-state index in [1.54, 1.807) is 11.8 Å². The van der Waals surface area contributed by atoms with Gasteiger partial charge in [-0.05, 0) is 65.0 Å². The Bertz CT molecular complexity index is 1120. The van der Waals surface area contributed by atoms with Gasteiger partial charge in [-0.3, -0.25) is 9.59 Å². The standard InChI is InChI=1S/C27H37N5O3/c1-15(2)35-21-11-19(12-21)25-29-30-26(32(25)20-7-8-20)22-13-31(18(5)33)14-23(22)27(34)28-24-9-6-16(3)10-17(24)4/h6,9-10,15,19-23H,7-8,11-14H2,1-5H3,(H,28,34)/t19-,21+,22-,23-/m0/s1. The number of hydrogen-bond acceptors (Lipinski definition) is 5. The van der Waals surface area contributed by atoms with Crippen molar-refractivity contribution in [1.82, 2.24) is 19.7 Å². The molecule has 3 fully saturated rings. The van der Waals surface area contributed by atoms with Crippen molar-refractivity contribution in [1.29, 1.82) is 0 Å². The molecule has 8 nitrogen and oxygen atoms in total. The van der Waals surface area contributed by atoms with E-state index in [1.165, 1.54) is 0 Å². The molecule has 2 amide bonds. The lowest BCUT2D eigenvalue weighted by molar-refractivity contribution is -0.128. The molecule has 1 saturated heterocycles. The van der Waals surface area contributed by atoms with Gasteiger partial charge in [0.25, 0.3) is 0 Å². The smallest absolute Gasteiger partial charge is 0.230 e. The zero-order valence-electron chi connectivity index (χ0n) is 21.5. The van der Waals surface area contributed by atoms with Crippen molar-refractivity contribution in [2.24, 2.45) is 5.92 Å². The number of aryl methyl sites for hydroxylation is 2. The highest BCUT2D eigenvalue weighted by molar-refractivity contribution is 5.94. The minimum absolute atomic E-state index is 0.0119. The first-order valence-corrected chi connectivity index (χ1v) is 12.9. The van der Waals surface area contributed by atoms with Crippen LogP contribution >= 0.6 is 0 Å². The summed E-state index contributed by atoms with van der Waals surface area (Å²) in [5.41, 5.74) is 3.00. The SMILES string of the molecule is CC(=O)N1C[C@H](C(=O)Nc2ccc(C)cc2C)[C@@H](c2nnc([C@H]3C[C@@H](OC(C)C)C3)n2C2CC2)C1. The van der Waals surface area contributed by atoms with Crippen LogP contribution in [0.1, 0.15) is 87.1 Å². The molecule has 0 spiro atoms. The number of rotatable bonds is 7. The molecule has 0 unspecified atom stereocenters. The molecule has 1 aliphatic heterocycles. The fourth-order valence-corrected chi connectivity index (χ4v) is 5.59. The summed E-state index contributed by atoms with van der Waals surface area (Å²) in [4.78, 5) is 27.6. The van der Waals surface area contributed by atoms with E-state index < -0.39 is 0 Å². The van der Waals surface area contributed by atoms with Crippen LogP contribution in [0.2, 0.25) is 0 Å². The third-order valence-corrected chi connectivity index (χ3v) is 7.66. The monoisotopic (exact) mass is 479 g/mol. The lowest BCUT2D eigenvalue weighted by Gasteiger charge is -2.36. The Morgan fingerprint density at radius 3 is 2.43 bits per heavy atom. The number of hydrogen-bond donors (Lipinski definition) is 1. The van der Waals surface area contributed by atoms with Gasteiger partial charge in [0.05, 0.1) is 24.0 Å². The Morgan fingerprint density at radius 2 is 1.80 bits per heavy atom. The molecular weight excluding hydrogens is 442 g/mol. The number of carbonyl (C=O) groups excluding carboxylic acids is 2. The van der Waals surface area contributed by atoms with Crippen molar-refractivity contribution < 1.29 is 14.3 Å². The van der Waals surface area contributed by atoms with Crippen LogP contribution in [-0.2, 0) is 14.3 Å². The average Bonchev–Trinajstić information content (AvgIpc) is 3.35. The van der Waals surface area contributed by atoms with Crippen molar-refractivity contribution in [3.63, 3.8) is 0 Å². The Morgan fingerprint density at radius 1 is 1.09 bits per heavy atom. The van der Waals surface area contributed by atoms with Crippen molar-refractivity contribution in [2.75, 3.05) is 18.4 Å². The molecule has 2 aromatic rings. The molecule has 35 heavy (non-hydrogen) atoms. The molecule has 0 bridgehead atoms. The normalized spacial score (nSPS) is 26.2. The third kappa shape index (κ3) is 4.85. The largest absolute Gasteiger partial charge is 0.376 e. The topological polar surface area (TPSA) is 89.3 Å². The first kappa shape index (κ1) is 24.0. The van der Waals surface area contributed by atoms with Crippen LogP contribution in [0.4, 0.5) is 5.69 Å². The number of aromatic nitrogens is 3. The van der Waals surface area contributed by atoms with Gasteiger partial charge in [-0.15, -0.1) is 10.2 Å². The molecule has 1 aromatic heterocycles. The molecule has 3 aliphatic rings. The third-order valence-electron chi connectivity index (χ3n) is 7.66. The second-order valence-electron chi connectivity index (χ2n) is 10.9. The number of likely N-dealkylation sites (tertiary alicyclic amines) is 1. The van der Waals surface area contributed by atoms with Crippen LogP contribution in [0.5, 0.6) is 0 Å². The van der Waals surface area contributed by atoms with E-state index in [9.17, 15) is 9.59 Å². The number of anilines is 1. The number of amides is 2. The summed E-state index contributed by atoms with van der Waals surface area (Å²) < 4.78 is 8.28. The van der Waals surface area contributed by atoms with Crippen LogP contribution in [0.3, 0.4) is 0 Å². The summed E-state index contributed by atoms with van der Waals surface area (Å²) in [6, 6.07) is 6.41. The van der Waals surface area contributed by atoms with E-state index in [0.717, 1.165) is 54.1 Å². The summed E-state index contributed by atoms with van der Waals surface area (Å²) in [7, 11) is 0. The van der Waals surface area contributed by atoms with Crippen LogP contribution in [0, 0.1) is 19.8 Å². The average molecular weight is 480 g/mol. The Balaban J connectivity index is 1.40. The summed E-state index contributed by atoms with van der Waals surface area (Å²) in [6.07, 6.45) is 4.65. The van der Waals surface area contributed by atoms with Crippen molar-refractivity contribution >= 4 is 17.5 Å². The highest BCUT2D eigenvalue weighted by atomic mass is 16.5. The van der Waals surface area contributed by atoms with Crippen molar-refractivity contribution in [3.8, 4) is 0 Å². The van der Waals surface area contributed by atoms with Crippen LogP contribution in [0.25, 0.3) is 0 Å². The van der Waals surface area contributed by atoms with Crippen molar-refractivity contribution in [3.05, 3.63) is 41.0 Å². The molecule has 8 heteroatoms.